The summed E-state index contributed by atoms with van der Waals surface area (Å²) in [6.45, 7) is 4.08. The van der Waals surface area contributed by atoms with Crippen molar-refractivity contribution in [1.29, 1.82) is 0 Å². The van der Waals surface area contributed by atoms with Gasteiger partial charge >= 0.3 is 0 Å². The molecule has 2 aliphatic rings. The number of nitrogens with zero attached hydrogens (tertiary/aromatic N) is 3. The molecule has 176 valence electrons. The van der Waals surface area contributed by atoms with Gasteiger partial charge in [-0.25, -0.2) is 9.97 Å². The number of aryl methyl sites for hydroxylation is 2. The van der Waals surface area contributed by atoms with Gasteiger partial charge in [0.2, 0.25) is 6.41 Å². The van der Waals surface area contributed by atoms with E-state index in [2.05, 4.69) is 27.9 Å². The Morgan fingerprint density at radius 2 is 2.15 bits per heavy atom. The highest BCUT2D eigenvalue weighted by Gasteiger charge is 2.20. The van der Waals surface area contributed by atoms with Crippen molar-refractivity contribution < 1.29 is 14.3 Å². The van der Waals surface area contributed by atoms with E-state index < -0.39 is 0 Å². The monoisotopic (exact) mass is 487 g/mol. The highest BCUT2D eigenvalue weighted by Crippen LogP contribution is 2.40. The fourth-order valence-corrected chi connectivity index (χ4v) is 5.48. The number of carbonyl (C=O) groups excluding carboxylic acids is 1. The Balaban J connectivity index is 0.000000243. The molecule has 2 aromatic heterocycles. The SMILES string of the molecule is CC1COCCN1C=O.COc1cc(N)c(S)cc1Nc1ncnc2sc3c(c12)CCCC3. The minimum Gasteiger partial charge on any atom is -0.494 e. The number of hydrogen-bond donors (Lipinski definition) is 3. The van der Waals surface area contributed by atoms with E-state index in [1.807, 2.05) is 13.0 Å². The maximum absolute atomic E-state index is 10.2. The quantitative estimate of drug-likeness (QED) is 0.290. The maximum atomic E-state index is 10.2. The molecular weight excluding hydrogens is 458 g/mol. The number of hydrogen-bond acceptors (Lipinski definition) is 9. The number of amides is 1. The first kappa shape index (κ1) is 23.6. The van der Waals surface area contributed by atoms with Crippen molar-refractivity contribution in [3.63, 3.8) is 0 Å². The van der Waals surface area contributed by atoms with Crippen molar-refractivity contribution in [2.45, 2.75) is 43.5 Å². The molecular formula is C23H29N5O3S2. The summed E-state index contributed by atoms with van der Waals surface area (Å²) in [5, 5.41) is 4.53. The number of carbonyl (C=O) groups is 1. The molecule has 1 saturated heterocycles. The molecule has 3 aromatic rings. The normalized spacial score (nSPS) is 17.7. The average Bonchev–Trinajstić information content (AvgIpc) is 3.21. The number of aromatic nitrogens is 2. The molecule has 10 heteroatoms. The summed E-state index contributed by atoms with van der Waals surface area (Å²) in [6.07, 6.45) is 7.20. The minimum absolute atomic E-state index is 0.260. The number of nitrogen functional groups attached to an aromatic ring is 1. The summed E-state index contributed by atoms with van der Waals surface area (Å²) in [4.78, 5) is 24.1. The van der Waals surface area contributed by atoms with Gasteiger partial charge in [0.15, 0.2) is 0 Å². The first-order valence-electron chi connectivity index (χ1n) is 11.0. The molecule has 1 atom stereocenters. The molecule has 5 rings (SSSR count). The Bertz CT molecular complexity index is 1140. The number of thiophene rings is 1. The fourth-order valence-electron chi connectivity index (χ4n) is 4.06. The highest BCUT2D eigenvalue weighted by atomic mass is 32.1. The van der Waals surface area contributed by atoms with Gasteiger partial charge in [-0.05, 0) is 44.2 Å². The number of methoxy groups -OCH3 is 1. The molecule has 1 aliphatic carbocycles. The van der Waals surface area contributed by atoms with E-state index in [0.717, 1.165) is 47.5 Å². The zero-order valence-corrected chi connectivity index (χ0v) is 20.5. The summed E-state index contributed by atoms with van der Waals surface area (Å²) < 4.78 is 10.6. The zero-order valence-electron chi connectivity index (χ0n) is 18.8. The second-order valence-corrected chi connectivity index (χ2v) is 9.68. The Labute approximate surface area is 202 Å². The summed E-state index contributed by atoms with van der Waals surface area (Å²) >= 11 is 6.19. The number of morpholine rings is 1. The Morgan fingerprint density at radius 3 is 2.88 bits per heavy atom. The van der Waals surface area contributed by atoms with Crippen molar-refractivity contribution in [2.24, 2.45) is 0 Å². The molecule has 33 heavy (non-hydrogen) atoms. The second kappa shape index (κ2) is 10.6. The van der Waals surface area contributed by atoms with Gasteiger partial charge in [0.1, 0.15) is 22.7 Å². The van der Waals surface area contributed by atoms with Gasteiger partial charge in [0.05, 0.1) is 37.4 Å². The van der Waals surface area contributed by atoms with E-state index in [0.29, 0.717) is 29.5 Å². The van der Waals surface area contributed by atoms with Crippen LogP contribution in [-0.4, -0.2) is 54.2 Å². The molecule has 3 N–H and O–H groups in total. The van der Waals surface area contributed by atoms with Crippen LogP contribution >= 0.6 is 24.0 Å². The smallest absolute Gasteiger partial charge is 0.210 e. The molecule has 1 fully saturated rings. The molecule has 0 bridgehead atoms. The first-order chi connectivity index (χ1) is 16.0. The molecule has 0 radical (unpaired) electrons. The molecule has 3 heterocycles. The van der Waals surface area contributed by atoms with Crippen LogP contribution in [0, 0.1) is 0 Å². The van der Waals surface area contributed by atoms with Crippen molar-refractivity contribution in [3.8, 4) is 5.75 Å². The van der Waals surface area contributed by atoms with Gasteiger partial charge in [-0.2, -0.15) is 0 Å². The van der Waals surface area contributed by atoms with Gasteiger partial charge in [-0.15, -0.1) is 24.0 Å². The lowest BCUT2D eigenvalue weighted by atomic mass is 9.97. The largest absolute Gasteiger partial charge is 0.494 e. The lowest BCUT2D eigenvalue weighted by Gasteiger charge is -2.29. The molecule has 1 aromatic carbocycles. The van der Waals surface area contributed by atoms with Crippen LogP contribution in [0.2, 0.25) is 0 Å². The summed E-state index contributed by atoms with van der Waals surface area (Å²) in [7, 11) is 1.63. The zero-order chi connectivity index (χ0) is 23.4. The van der Waals surface area contributed by atoms with Crippen LogP contribution in [0.25, 0.3) is 10.2 Å². The molecule has 8 nitrogen and oxygen atoms in total. The van der Waals surface area contributed by atoms with E-state index >= 15 is 0 Å². The molecule has 1 aliphatic heterocycles. The molecule has 0 saturated carbocycles. The minimum atomic E-state index is 0.260. The number of thiol groups is 1. The molecule has 1 amide bonds. The maximum Gasteiger partial charge on any atom is 0.210 e. The van der Waals surface area contributed by atoms with E-state index in [1.54, 1.807) is 35.7 Å². The van der Waals surface area contributed by atoms with Crippen molar-refractivity contribution in [2.75, 3.05) is 37.9 Å². The van der Waals surface area contributed by atoms with Crippen LogP contribution in [0.3, 0.4) is 0 Å². The van der Waals surface area contributed by atoms with Gasteiger partial charge in [0.25, 0.3) is 0 Å². The number of benzene rings is 1. The standard InChI is InChI=1S/C17H18N4OS2.C6H11NO2/c1-22-12-6-10(18)13(23)7-11(12)21-16-15-9-4-2-3-5-14(9)24-17(15)20-8-19-16;1-6-4-9-3-2-7(6)5-8/h6-8,23H,2-5,18H2,1H3,(H,19,20,21);5-6H,2-4H2,1H3. The van der Waals surface area contributed by atoms with Crippen LogP contribution in [-0.2, 0) is 22.4 Å². The Morgan fingerprint density at radius 1 is 1.33 bits per heavy atom. The number of nitrogens with one attached hydrogen (secondary N) is 1. The summed E-state index contributed by atoms with van der Waals surface area (Å²) in [6, 6.07) is 3.90. The average molecular weight is 488 g/mol. The Kier molecular flexibility index (Phi) is 7.56. The molecule has 0 spiro atoms. The van der Waals surface area contributed by atoms with Gasteiger partial charge in [0, 0.05) is 28.1 Å². The van der Waals surface area contributed by atoms with Gasteiger partial charge < -0.3 is 25.4 Å². The van der Waals surface area contributed by atoms with E-state index in [4.69, 9.17) is 15.2 Å². The lowest BCUT2D eigenvalue weighted by Crippen LogP contribution is -2.42. The van der Waals surface area contributed by atoms with Crippen molar-refractivity contribution in [1.82, 2.24) is 14.9 Å². The third kappa shape index (κ3) is 5.18. The molecule has 1 unspecified atom stereocenters. The number of ether oxygens (including phenoxy) is 2. The Hall–Kier alpha value is -2.56. The van der Waals surface area contributed by atoms with Crippen molar-refractivity contribution >= 4 is 57.8 Å². The predicted molar refractivity (Wildman–Crippen MR) is 135 cm³/mol. The number of rotatable bonds is 4. The number of fused-ring (bicyclic) bond motifs is 3. The second-order valence-electron chi connectivity index (χ2n) is 8.12. The van der Waals surface area contributed by atoms with Crippen LogP contribution in [0.4, 0.5) is 17.2 Å². The van der Waals surface area contributed by atoms with Crippen molar-refractivity contribution in [3.05, 3.63) is 28.9 Å². The van der Waals surface area contributed by atoms with Gasteiger partial charge in [-0.1, -0.05) is 0 Å². The third-order valence-corrected chi connectivity index (χ3v) is 7.49. The number of nitrogens with two attached hydrogens (primary N) is 1. The number of anilines is 3. The fraction of sp³-hybridized carbons (Fsp3) is 0.435. The predicted octanol–water partition coefficient (Wildman–Crippen LogP) is 4.06. The van der Waals surface area contributed by atoms with Crippen LogP contribution in [0.1, 0.15) is 30.2 Å². The van der Waals surface area contributed by atoms with Gasteiger partial charge in [-0.3, -0.25) is 4.79 Å². The summed E-state index contributed by atoms with van der Waals surface area (Å²) in [5.41, 5.74) is 8.69. The first-order valence-corrected chi connectivity index (χ1v) is 12.3. The summed E-state index contributed by atoms with van der Waals surface area (Å²) in [5.74, 6) is 1.48. The van der Waals surface area contributed by atoms with E-state index in [1.165, 1.54) is 23.3 Å². The van der Waals surface area contributed by atoms with Crippen LogP contribution in [0.15, 0.2) is 23.4 Å². The third-order valence-electron chi connectivity index (χ3n) is 5.91. The highest BCUT2D eigenvalue weighted by molar-refractivity contribution is 7.80. The lowest BCUT2D eigenvalue weighted by molar-refractivity contribution is -0.125. The van der Waals surface area contributed by atoms with E-state index in [-0.39, 0.29) is 6.04 Å². The van der Waals surface area contributed by atoms with E-state index in [9.17, 15) is 4.79 Å². The van der Waals surface area contributed by atoms with Crippen LogP contribution in [0.5, 0.6) is 5.75 Å². The topological polar surface area (TPSA) is 103 Å². The van der Waals surface area contributed by atoms with Crippen LogP contribution < -0.4 is 15.8 Å².